The molecule has 3 rings (SSSR count). The first kappa shape index (κ1) is 12.8. The van der Waals surface area contributed by atoms with Gasteiger partial charge in [-0.15, -0.1) is 0 Å². The van der Waals surface area contributed by atoms with Gasteiger partial charge in [0, 0.05) is 11.4 Å². The molecule has 0 aromatic carbocycles. The Morgan fingerprint density at radius 3 is 3.05 bits per heavy atom. The zero-order valence-corrected chi connectivity index (χ0v) is 11.8. The van der Waals surface area contributed by atoms with Gasteiger partial charge in [-0.05, 0) is 44.4 Å². The number of rotatable bonds is 4. The molecule has 2 aromatic rings. The van der Waals surface area contributed by atoms with Crippen LogP contribution in [-0.2, 0) is 6.54 Å². The smallest absolute Gasteiger partial charge is 0.258 e. The fourth-order valence-corrected chi connectivity index (χ4v) is 3.05. The Kier molecular flexibility index (Phi) is 3.91. The van der Waals surface area contributed by atoms with Gasteiger partial charge in [-0.3, -0.25) is 4.90 Å². The molecular formula is C13H18N4OS. The van der Waals surface area contributed by atoms with Crippen LogP contribution in [0.4, 0.5) is 0 Å². The van der Waals surface area contributed by atoms with Crippen molar-refractivity contribution in [1.29, 1.82) is 0 Å². The Hall–Kier alpha value is -1.24. The van der Waals surface area contributed by atoms with Crippen molar-refractivity contribution in [2.45, 2.75) is 25.4 Å². The normalized spacial score (nSPS) is 17.2. The van der Waals surface area contributed by atoms with E-state index in [0.717, 1.165) is 31.0 Å². The van der Waals surface area contributed by atoms with E-state index >= 15 is 0 Å². The summed E-state index contributed by atoms with van der Waals surface area (Å²) in [6.07, 6.45) is 2.37. The molecule has 0 saturated carbocycles. The molecule has 0 radical (unpaired) electrons. The van der Waals surface area contributed by atoms with Crippen molar-refractivity contribution in [3.05, 3.63) is 22.7 Å². The fourth-order valence-electron chi connectivity index (χ4n) is 2.42. The van der Waals surface area contributed by atoms with Crippen molar-refractivity contribution in [2.24, 2.45) is 0 Å². The summed E-state index contributed by atoms with van der Waals surface area (Å²) in [5, 5.41) is 11.5. The highest BCUT2D eigenvalue weighted by molar-refractivity contribution is 7.08. The second-order valence-electron chi connectivity index (χ2n) is 4.92. The molecule has 0 unspecified atom stereocenters. The van der Waals surface area contributed by atoms with Gasteiger partial charge >= 0.3 is 0 Å². The Morgan fingerprint density at radius 1 is 1.47 bits per heavy atom. The van der Waals surface area contributed by atoms with Crippen molar-refractivity contribution in [3.63, 3.8) is 0 Å². The standard InChI is InChI=1S/C13H18N4OS/c1-17(11-2-5-14-6-3-11)8-12-15-13(18-16-12)10-4-7-19-9-10/h4,7,9,11,14H,2-3,5-6,8H2,1H3. The molecule has 19 heavy (non-hydrogen) atoms. The average Bonchev–Trinajstić information content (AvgIpc) is 3.10. The van der Waals surface area contributed by atoms with Crippen molar-refractivity contribution >= 4 is 11.3 Å². The maximum atomic E-state index is 5.30. The fraction of sp³-hybridized carbons (Fsp3) is 0.538. The molecule has 1 saturated heterocycles. The van der Waals surface area contributed by atoms with Crippen molar-refractivity contribution in [3.8, 4) is 11.5 Å². The largest absolute Gasteiger partial charge is 0.334 e. The second kappa shape index (κ2) is 5.81. The predicted molar refractivity (Wildman–Crippen MR) is 75.0 cm³/mol. The SMILES string of the molecule is CN(Cc1noc(-c2ccsc2)n1)C1CCNCC1. The first-order chi connectivity index (χ1) is 9.33. The van der Waals surface area contributed by atoms with E-state index in [-0.39, 0.29) is 0 Å². The van der Waals surface area contributed by atoms with Crippen LogP contribution in [0.25, 0.3) is 11.5 Å². The summed E-state index contributed by atoms with van der Waals surface area (Å²) >= 11 is 1.64. The Morgan fingerprint density at radius 2 is 2.32 bits per heavy atom. The highest BCUT2D eigenvalue weighted by Crippen LogP contribution is 2.20. The molecule has 0 aliphatic carbocycles. The van der Waals surface area contributed by atoms with E-state index in [1.807, 2.05) is 16.8 Å². The minimum absolute atomic E-state index is 0.615. The number of hydrogen-bond acceptors (Lipinski definition) is 6. The van der Waals surface area contributed by atoms with Crippen LogP contribution in [0.1, 0.15) is 18.7 Å². The minimum Gasteiger partial charge on any atom is -0.334 e. The lowest BCUT2D eigenvalue weighted by atomic mass is 10.1. The monoisotopic (exact) mass is 278 g/mol. The summed E-state index contributed by atoms with van der Waals surface area (Å²) < 4.78 is 5.30. The highest BCUT2D eigenvalue weighted by atomic mass is 32.1. The number of hydrogen-bond donors (Lipinski definition) is 1. The molecule has 102 valence electrons. The van der Waals surface area contributed by atoms with Gasteiger partial charge in [0.2, 0.25) is 0 Å². The van der Waals surface area contributed by atoms with Gasteiger partial charge in [0.1, 0.15) is 0 Å². The van der Waals surface area contributed by atoms with Crippen LogP contribution in [0, 0.1) is 0 Å². The first-order valence-electron chi connectivity index (χ1n) is 6.59. The molecule has 3 heterocycles. The number of nitrogens with zero attached hydrogens (tertiary/aromatic N) is 3. The Balaban J connectivity index is 1.63. The van der Waals surface area contributed by atoms with E-state index in [1.165, 1.54) is 12.8 Å². The van der Waals surface area contributed by atoms with Gasteiger partial charge in [-0.25, -0.2) is 0 Å². The maximum absolute atomic E-state index is 5.30. The molecule has 0 atom stereocenters. The van der Waals surface area contributed by atoms with Crippen LogP contribution >= 0.6 is 11.3 Å². The molecule has 6 heteroatoms. The number of aromatic nitrogens is 2. The lowest BCUT2D eigenvalue weighted by Crippen LogP contribution is -2.40. The summed E-state index contributed by atoms with van der Waals surface area (Å²) in [6, 6.07) is 2.61. The summed E-state index contributed by atoms with van der Waals surface area (Å²) in [4.78, 5) is 6.78. The third-order valence-corrected chi connectivity index (χ3v) is 4.24. The van der Waals surface area contributed by atoms with Crippen LogP contribution in [-0.4, -0.2) is 41.2 Å². The molecule has 5 nitrogen and oxygen atoms in total. The lowest BCUT2D eigenvalue weighted by molar-refractivity contribution is 0.186. The predicted octanol–water partition coefficient (Wildman–Crippen LogP) is 1.98. The molecule has 2 aromatic heterocycles. The summed E-state index contributed by atoms with van der Waals surface area (Å²) in [7, 11) is 2.14. The Labute approximate surface area is 116 Å². The van der Waals surface area contributed by atoms with E-state index in [0.29, 0.717) is 11.9 Å². The molecule has 0 amide bonds. The van der Waals surface area contributed by atoms with Gasteiger partial charge in [0.05, 0.1) is 12.1 Å². The van der Waals surface area contributed by atoms with Crippen molar-refractivity contribution < 1.29 is 4.52 Å². The van der Waals surface area contributed by atoms with Crippen LogP contribution in [0.3, 0.4) is 0 Å². The van der Waals surface area contributed by atoms with Crippen LogP contribution in [0.2, 0.25) is 0 Å². The number of piperidine rings is 1. The van der Waals surface area contributed by atoms with E-state index in [1.54, 1.807) is 11.3 Å². The van der Waals surface area contributed by atoms with Gasteiger partial charge < -0.3 is 9.84 Å². The quantitative estimate of drug-likeness (QED) is 0.927. The first-order valence-corrected chi connectivity index (χ1v) is 7.53. The summed E-state index contributed by atoms with van der Waals surface area (Å²) in [6.45, 7) is 2.95. The van der Waals surface area contributed by atoms with Gasteiger partial charge in [0.15, 0.2) is 5.82 Å². The molecule has 1 N–H and O–H groups in total. The van der Waals surface area contributed by atoms with Crippen LogP contribution in [0.5, 0.6) is 0 Å². The summed E-state index contributed by atoms with van der Waals surface area (Å²) in [5.74, 6) is 1.39. The minimum atomic E-state index is 0.615. The van der Waals surface area contributed by atoms with E-state index in [9.17, 15) is 0 Å². The van der Waals surface area contributed by atoms with Gasteiger partial charge in [-0.2, -0.15) is 16.3 Å². The van der Waals surface area contributed by atoms with E-state index < -0.39 is 0 Å². The highest BCUT2D eigenvalue weighted by Gasteiger charge is 2.19. The Bertz CT molecular complexity index is 504. The van der Waals surface area contributed by atoms with Crippen molar-refractivity contribution in [1.82, 2.24) is 20.4 Å². The van der Waals surface area contributed by atoms with Crippen LogP contribution in [0.15, 0.2) is 21.3 Å². The zero-order valence-electron chi connectivity index (χ0n) is 11.0. The molecule has 0 spiro atoms. The number of thiophene rings is 1. The van der Waals surface area contributed by atoms with E-state index in [2.05, 4.69) is 27.4 Å². The molecule has 1 fully saturated rings. The summed E-state index contributed by atoms with van der Waals surface area (Å²) in [5.41, 5.74) is 1.01. The van der Waals surface area contributed by atoms with Gasteiger partial charge in [-0.1, -0.05) is 5.16 Å². The van der Waals surface area contributed by atoms with Gasteiger partial charge in [0.25, 0.3) is 5.89 Å². The third-order valence-electron chi connectivity index (χ3n) is 3.56. The molecule has 1 aliphatic heterocycles. The molecule has 0 bridgehead atoms. The third kappa shape index (κ3) is 3.02. The lowest BCUT2D eigenvalue weighted by Gasteiger charge is -2.30. The van der Waals surface area contributed by atoms with E-state index in [4.69, 9.17) is 4.52 Å². The molecule has 1 aliphatic rings. The topological polar surface area (TPSA) is 54.2 Å². The van der Waals surface area contributed by atoms with Crippen molar-refractivity contribution in [2.75, 3.05) is 20.1 Å². The zero-order chi connectivity index (χ0) is 13.1. The maximum Gasteiger partial charge on any atom is 0.258 e. The average molecular weight is 278 g/mol. The number of nitrogens with one attached hydrogen (secondary N) is 1. The second-order valence-corrected chi connectivity index (χ2v) is 5.70. The van der Waals surface area contributed by atoms with Crippen LogP contribution < -0.4 is 5.32 Å². The molecular weight excluding hydrogens is 260 g/mol.